The molecule has 0 saturated heterocycles. The largest absolute Gasteiger partial charge is 0.481 e. The number of carbonyl (C=O) groups is 1. The molecule has 1 fully saturated rings. The minimum absolute atomic E-state index is 0.0547. The molecule has 1 N–H and O–H groups in total. The second-order valence-electron chi connectivity index (χ2n) is 4.94. The Morgan fingerprint density at radius 3 is 2.94 bits per heavy atom. The van der Waals surface area contributed by atoms with Crippen molar-refractivity contribution in [2.75, 3.05) is 0 Å². The van der Waals surface area contributed by atoms with E-state index in [0.717, 1.165) is 12.2 Å². The lowest BCUT2D eigenvalue weighted by molar-refractivity contribution is -0.137. The third-order valence-electron chi connectivity index (χ3n) is 3.60. The van der Waals surface area contributed by atoms with Gasteiger partial charge in [0.15, 0.2) is 5.82 Å². The van der Waals surface area contributed by atoms with Gasteiger partial charge in [0.25, 0.3) is 0 Å². The van der Waals surface area contributed by atoms with Crippen molar-refractivity contribution in [1.29, 1.82) is 0 Å². The molecule has 0 bridgehead atoms. The zero-order valence-corrected chi connectivity index (χ0v) is 10.2. The van der Waals surface area contributed by atoms with E-state index in [4.69, 9.17) is 5.11 Å². The van der Waals surface area contributed by atoms with Crippen LogP contribution in [0.25, 0.3) is 0 Å². The van der Waals surface area contributed by atoms with Crippen molar-refractivity contribution in [2.24, 2.45) is 5.92 Å². The van der Waals surface area contributed by atoms with Crippen LogP contribution >= 0.6 is 0 Å². The summed E-state index contributed by atoms with van der Waals surface area (Å²) < 4.78 is 1.68. The molecule has 1 heterocycles. The fourth-order valence-corrected chi connectivity index (χ4v) is 2.63. The maximum Gasteiger partial charge on any atom is 0.305 e. The average molecular weight is 238 g/mol. The molecule has 0 amide bonds. The molecule has 1 aromatic rings. The summed E-state index contributed by atoms with van der Waals surface area (Å²) in [5, 5.41) is 20.5. The van der Waals surface area contributed by atoms with Gasteiger partial charge in [0, 0.05) is 5.92 Å². The van der Waals surface area contributed by atoms with Gasteiger partial charge in [-0.2, -0.15) is 0 Å². The van der Waals surface area contributed by atoms with Gasteiger partial charge >= 0.3 is 5.97 Å². The van der Waals surface area contributed by atoms with Gasteiger partial charge in [-0.3, -0.25) is 4.79 Å². The van der Waals surface area contributed by atoms with Crippen LogP contribution in [0.3, 0.4) is 0 Å². The van der Waals surface area contributed by atoms with Gasteiger partial charge in [-0.1, -0.05) is 13.3 Å². The first-order valence-electron chi connectivity index (χ1n) is 6.09. The standard InChI is InChI=1S/C11H18N4O2/c1-7-4-3-5-9(7)11-12-13-14-15(11)8(2)6-10(16)17/h7-9H,3-6H2,1-2H3,(H,16,17). The van der Waals surface area contributed by atoms with Gasteiger partial charge in [0.1, 0.15) is 0 Å². The Morgan fingerprint density at radius 2 is 2.35 bits per heavy atom. The van der Waals surface area contributed by atoms with Crippen LogP contribution in [0.2, 0.25) is 0 Å². The number of tetrazole rings is 1. The summed E-state index contributed by atoms with van der Waals surface area (Å²) in [6.07, 6.45) is 3.55. The maximum absolute atomic E-state index is 10.7. The minimum Gasteiger partial charge on any atom is -0.481 e. The lowest BCUT2D eigenvalue weighted by Gasteiger charge is -2.17. The molecule has 6 heteroatoms. The Labute approximate surface area is 100 Å². The molecule has 0 aromatic carbocycles. The monoisotopic (exact) mass is 238 g/mol. The normalized spacial score (nSPS) is 26.0. The van der Waals surface area contributed by atoms with Crippen molar-refractivity contribution >= 4 is 5.97 Å². The topological polar surface area (TPSA) is 80.9 Å². The van der Waals surface area contributed by atoms with Crippen molar-refractivity contribution in [1.82, 2.24) is 20.2 Å². The number of nitrogens with zero attached hydrogens (tertiary/aromatic N) is 4. The number of carboxylic acid groups (broad SMARTS) is 1. The van der Waals surface area contributed by atoms with E-state index in [1.54, 1.807) is 4.68 Å². The number of aliphatic carboxylic acids is 1. The Bertz CT molecular complexity index is 404. The Kier molecular flexibility index (Phi) is 3.40. The molecule has 2 rings (SSSR count). The van der Waals surface area contributed by atoms with Gasteiger partial charge in [-0.15, -0.1) is 5.10 Å². The minimum atomic E-state index is -0.821. The number of hydrogen-bond donors (Lipinski definition) is 1. The van der Waals surface area contributed by atoms with Crippen molar-refractivity contribution in [3.05, 3.63) is 5.82 Å². The SMILES string of the molecule is CC1CCCC1c1nnnn1C(C)CC(=O)O. The number of carboxylic acids is 1. The predicted molar refractivity (Wildman–Crippen MR) is 60.5 cm³/mol. The maximum atomic E-state index is 10.7. The van der Waals surface area contributed by atoms with Crippen molar-refractivity contribution in [3.8, 4) is 0 Å². The molecule has 0 spiro atoms. The molecule has 94 valence electrons. The highest BCUT2D eigenvalue weighted by molar-refractivity contribution is 5.67. The van der Waals surface area contributed by atoms with Crippen LogP contribution in [-0.4, -0.2) is 31.3 Å². The van der Waals surface area contributed by atoms with Crippen LogP contribution in [0.15, 0.2) is 0 Å². The first-order chi connectivity index (χ1) is 8.09. The second-order valence-corrected chi connectivity index (χ2v) is 4.94. The first-order valence-corrected chi connectivity index (χ1v) is 6.09. The van der Waals surface area contributed by atoms with Crippen molar-refractivity contribution in [2.45, 2.75) is 51.5 Å². The Morgan fingerprint density at radius 1 is 1.59 bits per heavy atom. The number of hydrogen-bond acceptors (Lipinski definition) is 4. The average Bonchev–Trinajstić information content (AvgIpc) is 2.83. The molecule has 1 saturated carbocycles. The van der Waals surface area contributed by atoms with Crippen LogP contribution < -0.4 is 0 Å². The first kappa shape index (κ1) is 12.0. The molecule has 1 aliphatic carbocycles. The van der Waals surface area contributed by atoms with Crippen LogP contribution in [0, 0.1) is 5.92 Å². The molecule has 6 nitrogen and oxygen atoms in total. The van der Waals surface area contributed by atoms with E-state index in [0.29, 0.717) is 11.8 Å². The molecule has 3 atom stereocenters. The summed E-state index contributed by atoms with van der Waals surface area (Å²) in [6, 6.07) is -0.190. The van der Waals surface area contributed by atoms with E-state index in [-0.39, 0.29) is 12.5 Å². The van der Waals surface area contributed by atoms with E-state index in [1.807, 2.05) is 6.92 Å². The van der Waals surface area contributed by atoms with Gasteiger partial charge in [-0.25, -0.2) is 4.68 Å². The highest BCUT2D eigenvalue weighted by Gasteiger charge is 2.30. The lowest BCUT2D eigenvalue weighted by atomic mass is 9.97. The number of rotatable bonds is 4. The van der Waals surface area contributed by atoms with E-state index in [1.165, 1.54) is 12.8 Å². The van der Waals surface area contributed by atoms with Gasteiger partial charge in [0.2, 0.25) is 0 Å². The van der Waals surface area contributed by atoms with Crippen LogP contribution in [-0.2, 0) is 4.79 Å². The van der Waals surface area contributed by atoms with Gasteiger partial charge in [-0.05, 0) is 36.1 Å². The summed E-state index contributed by atoms with van der Waals surface area (Å²) >= 11 is 0. The molecule has 0 aliphatic heterocycles. The molecule has 17 heavy (non-hydrogen) atoms. The van der Waals surface area contributed by atoms with Crippen LogP contribution in [0.5, 0.6) is 0 Å². The van der Waals surface area contributed by atoms with Gasteiger partial charge < -0.3 is 5.11 Å². The Hall–Kier alpha value is -1.46. The highest BCUT2D eigenvalue weighted by atomic mass is 16.4. The molecule has 3 unspecified atom stereocenters. The fraction of sp³-hybridized carbons (Fsp3) is 0.818. The summed E-state index contributed by atoms with van der Waals surface area (Å²) in [5.74, 6) is 0.986. The summed E-state index contributed by atoms with van der Waals surface area (Å²) in [7, 11) is 0. The van der Waals surface area contributed by atoms with E-state index < -0.39 is 5.97 Å². The Balaban J connectivity index is 2.18. The molecule has 1 aliphatic rings. The molecule has 1 aromatic heterocycles. The van der Waals surface area contributed by atoms with Crippen LogP contribution in [0.1, 0.15) is 57.3 Å². The smallest absolute Gasteiger partial charge is 0.305 e. The zero-order chi connectivity index (χ0) is 12.4. The predicted octanol–water partition coefficient (Wildman–Crippen LogP) is 1.61. The number of aromatic nitrogens is 4. The zero-order valence-electron chi connectivity index (χ0n) is 10.2. The summed E-state index contributed by atoms with van der Waals surface area (Å²) in [6.45, 7) is 4.05. The quantitative estimate of drug-likeness (QED) is 0.861. The lowest BCUT2D eigenvalue weighted by Crippen LogP contribution is -2.18. The summed E-state index contributed by atoms with van der Waals surface area (Å²) in [4.78, 5) is 10.7. The molecular weight excluding hydrogens is 220 g/mol. The fourth-order valence-electron chi connectivity index (χ4n) is 2.63. The molecule has 0 radical (unpaired) electrons. The third kappa shape index (κ3) is 2.45. The third-order valence-corrected chi connectivity index (χ3v) is 3.60. The highest BCUT2D eigenvalue weighted by Crippen LogP contribution is 2.38. The van der Waals surface area contributed by atoms with E-state index in [2.05, 4.69) is 22.4 Å². The summed E-state index contributed by atoms with van der Waals surface area (Å²) in [5.41, 5.74) is 0. The van der Waals surface area contributed by atoms with E-state index in [9.17, 15) is 4.79 Å². The molecular formula is C11H18N4O2. The second kappa shape index (κ2) is 4.81. The van der Waals surface area contributed by atoms with Crippen molar-refractivity contribution in [3.63, 3.8) is 0 Å². The van der Waals surface area contributed by atoms with Crippen LogP contribution in [0.4, 0.5) is 0 Å². The van der Waals surface area contributed by atoms with Crippen molar-refractivity contribution < 1.29 is 9.90 Å². The van der Waals surface area contributed by atoms with E-state index >= 15 is 0 Å². The van der Waals surface area contributed by atoms with Gasteiger partial charge in [0.05, 0.1) is 12.5 Å².